The van der Waals surface area contributed by atoms with E-state index < -0.39 is 29.8 Å². The van der Waals surface area contributed by atoms with Crippen molar-refractivity contribution in [1.29, 1.82) is 0 Å². The van der Waals surface area contributed by atoms with E-state index in [9.17, 15) is 15.0 Å². The number of rotatable bonds is 4. The van der Waals surface area contributed by atoms with Crippen molar-refractivity contribution in [2.75, 3.05) is 6.61 Å². The minimum atomic E-state index is -1.05. The minimum absolute atomic E-state index is 0.0801. The number of carbonyl (C=O) groups is 1. The second kappa shape index (κ2) is 6.90. The molecule has 114 valence electrons. The zero-order chi connectivity index (χ0) is 15.5. The third-order valence-electron chi connectivity index (χ3n) is 3.05. The monoisotopic (exact) mass is 348 g/mol. The number of esters is 1. The zero-order valence-electron chi connectivity index (χ0n) is 11.9. The molecule has 1 heterocycles. The molecular formula is C14H21BrO5. The molecule has 2 N–H and O–H groups in total. The lowest BCUT2D eigenvalue weighted by molar-refractivity contribution is -0.153. The van der Waals surface area contributed by atoms with Gasteiger partial charge in [-0.15, -0.1) is 6.42 Å². The fraction of sp³-hybridized carbons (Fsp3) is 0.786. The van der Waals surface area contributed by atoms with Crippen molar-refractivity contribution in [3.05, 3.63) is 0 Å². The number of hydrogen-bond donors (Lipinski definition) is 2. The van der Waals surface area contributed by atoms with E-state index in [-0.39, 0.29) is 23.8 Å². The number of carbonyl (C=O) groups excluding carboxylic acids is 1. The molecule has 5 nitrogen and oxygen atoms in total. The molecule has 0 aromatic heterocycles. The predicted octanol–water partition coefficient (Wildman–Crippen LogP) is 0.852. The van der Waals surface area contributed by atoms with E-state index in [1.807, 2.05) is 0 Å². The molecule has 20 heavy (non-hydrogen) atoms. The summed E-state index contributed by atoms with van der Waals surface area (Å²) in [5, 5.41) is 19.5. The van der Waals surface area contributed by atoms with Gasteiger partial charge in [-0.2, -0.15) is 0 Å². The van der Waals surface area contributed by atoms with Gasteiger partial charge in [-0.3, -0.25) is 4.79 Å². The highest BCUT2D eigenvalue weighted by Crippen LogP contribution is 2.28. The summed E-state index contributed by atoms with van der Waals surface area (Å²) in [4.78, 5) is 11.3. The summed E-state index contributed by atoms with van der Waals surface area (Å²) in [6.07, 6.45) is 2.39. The Morgan fingerprint density at radius 3 is 2.70 bits per heavy atom. The first-order valence-electron chi connectivity index (χ1n) is 6.46. The average molecular weight is 349 g/mol. The Kier molecular flexibility index (Phi) is 6.02. The van der Waals surface area contributed by atoms with Crippen molar-refractivity contribution in [2.24, 2.45) is 5.41 Å². The highest BCUT2D eigenvalue weighted by atomic mass is 79.9. The van der Waals surface area contributed by atoms with Crippen molar-refractivity contribution < 1.29 is 24.5 Å². The van der Waals surface area contributed by atoms with Gasteiger partial charge in [-0.05, 0) is 20.8 Å². The minimum Gasteiger partial charge on any atom is -0.464 e. The van der Waals surface area contributed by atoms with Crippen LogP contribution in [0.2, 0.25) is 0 Å². The van der Waals surface area contributed by atoms with Crippen LogP contribution in [0.15, 0.2) is 0 Å². The molecule has 0 aliphatic carbocycles. The van der Waals surface area contributed by atoms with E-state index in [2.05, 4.69) is 21.9 Å². The van der Waals surface area contributed by atoms with Crippen molar-refractivity contribution in [2.45, 2.75) is 56.4 Å². The molecule has 1 saturated heterocycles. The van der Waals surface area contributed by atoms with Crippen molar-refractivity contribution >= 4 is 21.9 Å². The molecule has 0 saturated carbocycles. The summed E-state index contributed by atoms with van der Waals surface area (Å²) in [7, 11) is 0. The average Bonchev–Trinajstić information content (AvgIpc) is 2.75. The summed E-state index contributed by atoms with van der Waals surface area (Å²) in [6.45, 7) is 5.37. The number of terminal acetylenes is 1. The third-order valence-corrected chi connectivity index (χ3v) is 3.84. The number of aliphatic hydroxyl groups excluding tert-OH is 2. The highest BCUT2D eigenvalue weighted by molar-refractivity contribution is 9.09. The quantitative estimate of drug-likeness (QED) is 0.447. The van der Waals surface area contributed by atoms with Crippen LogP contribution in [0.5, 0.6) is 0 Å². The second-order valence-corrected chi connectivity index (χ2v) is 7.09. The van der Waals surface area contributed by atoms with Gasteiger partial charge < -0.3 is 19.7 Å². The largest absolute Gasteiger partial charge is 0.464 e. The molecule has 6 heteroatoms. The number of hydrogen-bond acceptors (Lipinski definition) is 5. The maximum absolute atomic E-state index is 11.7. The van der Waals surface area contributed by atoms with Gasteiger partial charge in [-0.25, -0.2) is 0 Å². The van der Waals surface area contributed by atoms with Crippen LogP contribution < -0.4 is 0 Å². The molecule has 5 atom stereocenters. The maximum atomic E-state index is 11.7. The molecule has 1 aliphatic rings. The van der Waals surface area contributed by atoms with Crippen LogP contribution in [0.3, 0.4) is 0 Å². The molecule has 1 rings (SSSR count). The van der Waals surface area contributed by atoms with E-state index in [1.165, 1.54) is 0 Å². The smallest absolute Gasteiger partial charge is 0.311 e. The Bertz CT molecular complexity index is 384. The lowest BCUT2D eigenvalue weighted by atomic mass is 9.97. The van der Waals surface area contributed by atoms with Gasteiger partial charge in [0.1, 0.15) is 12.7 Å². The van der Waals surface area contributed by atoms with Crippen LogP contribution in [0.1, 0.15) is 27.2 Å². The molecule has 0 radical (unpaired) electrons. The van der Waals surface area contributed by atoms with Crippen molar-refractivity contribution in [3.8, 4) is 12.3 Å². The van der Waals surface area contributed by atoms with Crippen LogP contribution in [0.25, 0.3) is 0 Å². The molecule has 0 amide bonds. The number of aliphatic hydroxyl groups is 2. The van der Waals surface area contributed by atoms with E-state index in [1.54, 1.807) is 20.8 Å². The fourth-order valence-corrected chi connectivity index (χ4v) is 2.43. The molecule has 0 bridgehead atoms. The Balaban J connectivity index is 2.50. The predicted molar refractivity (Wildman–Crippen MR) is 77.3 cm³/mol. The molecule has 0 aromatic rings. The first-order chi connectivity index (χ1) is 9.16. The number of alkyl halides is 1. The zero-order valence-corrected chi connectivity index (χ0v) is 13.5. The molecule has 1 unspecified atom stereocenters. The summed E-state index contributed by atoms with van der Waals surface area (Å²) >= 11 is 3.34. The number of ether oxygens (including phenoxy) is 2. The molecular weight excluding hydrogens is 328 g/mol. The van der Waals surface area contributed by atoms with Gasteiger partial charge in [0.2, 0.25) is 0 Å². The van der Waals surface area contributed by atoms with E-state index in [0.717, 1.165) is 0 Å². The summed E-state index contributed by atoms with van der Waals surface area (Å²) < 4.78 is 10.7. The molecule has 1 aliphatic heterocycles. The topological polar surface area (TPSA) is 76.0 Å². The van der Waals surface area contributed by atoms with Gasteiger partial charge in [-0.1, -0.05) is 21.9 Å². The summed E-state index contributed by atoms with van der Waals surface area (Å²) in [6, 6.07) is 0. The first-order valence-corrected chi connectivity index (χ1v) is 7.37. The Hall–Kier alpha value is -0.610. The van der Waals surface area contributed by atoms with Crippen LogP contribution in [-0.4, -0.2) is 52.0 Å². The van der Waals surface area contributed by atoms with Crippen LogP contribution in [-0.2, 0) is 14.3 Å². The lowest BCUT2D eigenvalue weighted by Crippen LogP contribution is -2.36. The van der Waals surface area contributed by atoms with Crippen LogP contribution in [0, 0.1) is 17.8 Å². The highest BCUT2D eigenvalue weighted by Gasteiger charge is 2.41. The Morgan fingerprint density at radius 2 is 2.20 bits per heavy atom. The van der Waals surface area contributed by atoms with Gasteiger partial charge in [0.15, 0.2) is 0 Å². The summed E-state index contributed by atoms with van der Waals surface area (Å²) in [5.74, 6) is 1.85. The molecule has 1 fully saturated rings. The van der Waals surface area contributed by atoms with E-state index in [4.69, 9.17) is 15.9 Å². The molecule has 0 aromatic carbocycles. The standard InChI is InChI=1S/C14H21BrO5/c1-5-9(16)11-6-10(17)12(20-11)8(15)7-19-13(18)14(2,3)4/h1,8-12,16-17H,6-7H2,2-4H3/t8-,9+,10-,11?,12-/m0/s1. The van der Waals surface area contributed by atoms with E-state index >= 15 is 0 Å². The Labute approximate surface area is 127 Å². The van der Waals surface area contributed by atoms with Gasteiger partial charge in [0.25, 0.3) is 0 Å². The number of halogens is 1. The van der Waals surface area contributed by atoms with Crippen LogP contribution in [0.4, 0.5) is 0 Å². The SMILES string of the molecule is C#C[C@@H](O)C1C[C@H](O)[C@H]([C@@H](Br)COC(=O)C(C)(C)C)O1. The maximum Gasteiger partial charge on any atom is 0.311 e. The Morgan fingerprint density at radius 1 is 1.60 bits per heavy atom. The second-order valence-electron chi connectivity index (χ2n) is 5.92. The third kappa shape index (κ3) is 4.45. The van der Waals surface area contributed by atoms with Gasteiger partial charge in [0.05, 0.1) is 28.6 Å². The van der Waals surface area contributed by atoms with Crippen molar-refractivity contribution in [1.82, 2.24) is 0 Å². The van der Waals surface area contributed by atoms with Crippen LogP contribution >= 0.6 is 15.9 Å². The summed E-state index contributed by atoms with van der Waals surface area (Å²) in [5.41, 5.74) is -0.579. The normalized spacial score (nSPS) is 29.6. The first kappa shape index (κ1) is 17.4. The van der Waals surface area contributed by atoms with E-state index in [0.29, 0.717) is 0 Å². The van der Waals surface area contributed by atoms with Gasteiger partial charge in [0, 0.05) is 6.42 Å². The fourth-order valence-electron chi connectivity index (χ4n) is 1.82. The lowest BCUT2D eigenvalue weighted by Gasteiger charge is -2.23. The van der Waals surface area contributed by atoms with Gasteiger partial charge >= 0.3 is 5.97 Å². The molecule has 0 spiro atoms. The van der Waals surface area contributed by atoms with Crippen molar-refractivity contribution in [3.63, 3.8) is 0 Å².